The molecule has 0 aromatic heterocycles. The van der Waals surface area contributed by atoms with E-state index in [1.165, 1.54) is 24.3 Å². The second kappa shape index (κ2) is 7.36. The lowest BCUT2D eigenvalue weighted by Gasteiger charge is -2.16. The van der Waals surface area contributed by atoms with Gasteiger partial charge >= 0.3 is 0 Å². The Balaban J connectivity index is 1.85. The van der Waals surface area contributed by atoms with Crippen LogP contribution in [0.25, 0.3) is 5.57 Å². The van der Waals surface area contributed by atoms with Gasteiger partial charge in [0, 0.05) is 5.69 Å². The lowest BCUT2D eigenvalue weighted by atomic mass is 10.0. The monoisotopic (exact) mass is 386 g/mol. The van der Waals surface area contributed by atoms with Crippen LogP contribution >= 0.6 is 0 Å². The Morgan fingerprint density at radius 2 is 1.55 bits per heavy atom. The quantitative estimate of drug-likeness (QED) is 0.653. The van der Waals surface area contributed by atoms with E-state index in [4.69, 9.17) is 0 Å². The van der Waals surface area contributed by atoms with Gasteiger partial charge in [-0.25, -0.2) is 9.29 Å². The van der Waals surface area contributed by atoms with E-state index in [1.807, 2.05) is 44.2 Å². The Labute approximate surface area is 168 Å². The number of nitrogens with zero attached hydrogens (tertiary/aromatic N) is 1. The zero-order valence-corrected chi connectivity index (χ0v) is 16.1. The predicted octanol–water partition coefficient (Wildman–Crippen LogP) is 4.84. The van der Waals surface area contributed by atoms with Gasteiger partial charge in [0.25, 0.3) is 11.8 Å². The molecule has 0 fully saturated rings. The molecule has 4 rings (SSSR count). The number of hydrogen-bond acceptors (Lipinski definition) is 3. The molecular formula is C24H19FN2O2. The van der Waals surface area contributed by atoms with E-state index in [0.29, 0.717) is 11.3 Å². The molecule has 0 atom stereocenters. The molecule has 5 heteroatoms. The molecule has 29 heavy (non-hydrogen) atoms. The van der Waals surface area contributed by atoms with Crippen LogP contribution in [0.2, 0.25) is 0 Å². The minimum Gasteiger partial charge on any atom is -0.350 e. The molecule has 0 bridgehead atoms. The van der Waals surface area contributed by atoms with Crippen molar-refractivity contribution in [1.29, 1.82) is 0 Å². The van der Waals surface area contributed by atoms with Gasteiger partial charge in [0.2, 0.25) is 0 Å². The van der Waals surface area contributed by atoms with Crippen molar-refractivity contribution >= 4 is 28.8 Å². The molecule has 0 unspecified atom stereocenters. The summed E-state index contributed by atoms with van der Waals surface area (Å²) in [6.07, 6.45) is 0. The Morgan fingerprint density at radius 1 is 0.828 bits per heavy atom. The van der Waals surface area contributed by atoms with Crippen molar-refractivity contribution in [2.45, 2.75) is 13.8 Å². The van der Waals surface area contributed by atoms with Crippen molar-refractivity contribution in [3.63, 3.8) is 0 Å². The number of imide groups is 1. The van der Waals surface area contributed by atoms with Crippen LogP contribution in [0.3, 0.4) is 0 Å². The van der Waals surface area contributed by atoms with Crippen molar-refractivity contribution in [3.05, 3.63) is 101 Å². The van der Waals surface area contributed by atoms with Crippen molar-refractivity contribution in [3.8, 4) is 0 Å². The lowest BCUT2D eigenvalue weighted by molar-refractivity contribution is -0.120. The lowest BCUT2D eigenvalue weighted by Crippen LogP contribution is -2.32. The third-order valence-electron chi connectivity index (χ3n) is 4.88. The average molecular weight is 386 g/mol. The molecule has 0 aliphatic carbocycles. The van der Waals surface area contributed by atoms with Crippen molar-refractivity contribution in [2.75, 3.05) is 10.2 Å². The predicted molar refractivity (Wildman–Crippen MR) is 112 cm³/mol. The number of hydrogen-bond donors (Lipinski definition) is 1. The number of halogens is 1. The molecule has 2 amide bonds. The molecule has 3 aromatic carbocycles. The molecule has 1 heterocycles. The minimum absolute atomic E-state index is 0.178. The Kier molecular flexibility index (Phi) is 4.72. The third kappa shape index (κ3) is 3.43. The van der Waals surface area contributed by atoms with Gasteiger partial charge in [0.15, 0.2) is 0 Å². The largest absolute Gasteiger partial charge is 0.350 e. The molecule has 4 nitrogen and oxygen atoms in total. The number of carbonyl (C=O) groups is 2. The molecule has 0 spiro atoms. The highest BCUT2D eigenvalue weighted by atomic mass is 19.1. The highest BCUT2D eigenvalue weighted by Crippen LogP contribution is 2.34. The van der Waals surface area contributed by atoms with E-state index >= 15 is 0 Å². The van der Waals surface area contributed by atoms with Gasteiger partial charge in [-0.05, 0) is 60.9 Å². The van der Waals surface area contributed by atoms with E-state index in [0.717, 1.165) is 21.7 Å². The van der Waals surface area contributed by atoms with Crippen LogP contribution in [0.1, 0.15) is 16.7 Å². The van der Waals surface area contributed by atoms with Gasteiger partial charge in [0.05, 0.1) is 11.3 Å². The van der Waals surface area contributed by atoms with Crippen LogP contribution in [0, 0.1) is 19.7 Å². The van der Waals surface area contributed by atoms with Crippen LogP contribution in [-0.2, 0) is 9.59 Å². The van der Waals surface area contributed by atoms with Crippen LogP contribution in [-0.4, -0.2) is 11.8 Å². The summed E-state index contributed by atoms with van der Waals surface area (Å²) >= 11 is 0. The van der Waals surface area contributed by atoms with Gasteiger partial charge in [-0.2, -0.15) is 0 Å². The number of rotatable bonds is 4. The molecule has 3 aromatic rings. The third-order valence-corrected chi connectivity index (χ3v) is 4.88. The SMILES string of the molecule is Cc1cccc(N2C(=O)C(Nc3ccccc3C)=C(c3ccc(F)cc3)C2=O)c1. The summed E-state index contributed by atoms with van der Waals surface area (Å²) in [5.74, 6) is -1.29. The van der Waals surface area contributed by atoms with E-state index in [1.54, 1.807) is 18.2 Å². The summed E-state index contributed by atoms with van der Waals surface area (Å²) in [5, 5.41) is 3.14. The Bertz CT molecular complexity index is 1150. The summed E-state index contributed by atoms with van der Waals surface area (Å²) < 4.78 is 13.4. The number of aryl methyl sites for hydroxylation is 2. The van der Waals surface area contributed by atoms with Gasteiger partial charge in [-0.3, -0.25) is 9.59 Å². The summed E-state index contributed by atoms with van der Waals surface area (Å²) in [7, 11) is 0. The number of para-hydroxylation sites is 1. The van der Waals surface area contributed by atoms with E-state index in [9.17, 15) is 14.0 Å². The maximum Gasteiger partial charge on any atom is 0.282 e. The van der Waals surface area contributed by atoms with Crippen LogP contribution in [0.4, 0.5) is 15.8 Å². The molecule has 144 valence electrons. The number of amides is 2. The average Bonchev–Trinajstić information content (AvgIpc) is 2.94. The fourth-order valence-corrected chi connectivity index (χ4v) is 3.38. The number of carbonyl (C=O) groups excluding carboxylic acids is 2. The van der Waals surface area contributed by atoms with Gasteiger partial charge in [-0.1, -0.05) is 42.5 Å². The van der Waals surface area contributed by atoms with Crippen molar-refractivity contribution in [1.82, 2.24) is 0 Å². The summed E-state index contributed by atoms with van der Waals surface area (Å²) in [6.45, 7) is 3.81. The fourth-order valence-electron chi connectivity index (χ4n) is 3.38. The molecule has 1 N–H and O–H groups in total. The topological polar surface area (TPSA) is 49.4 Å². The van der Waals surface area contributed by atoms with E-state index in [-0.39, 0.29) is 11.3 Å². The molecule has 0 radical (unpaired) electrons. The standard InChI is InChI=1S/C24H19FN2O2/c1-15-6-5-8-19(14-15)27-23(28)21(17-10-12-18(25)13-11-17)22(24(27)29)26-20-9-4-3-7-16(20)2/h3-14,26H,1-2H3. The zero-order valence-electron chi connectivity index (χ0n) is 16.1. The molecule has 1 aliphatic heterocycles. The number of benzene rings is 3. The van der Waals surface area contributed by atoms with Crippen LogP contribution < -0.4 is 10.2 Å². The zero-order chi connectivity index (χ0) is 20.5. The normalized spacial score (nSPS) is 14.0. The second-order valence-corrected chi connectivity index (χ2v) is 6.98. The first-order chi connectivity index (χ1) is 14.0. The second-order valence-electron chi connectivity index (χ2n) is 6.98. The summed E-state index contributed by atoms with van der Waals surface area (Å²) in [4.78, 5) is 27.8. The van der Waals surface area contributed by atoms with Gasteiger partial charge < -0.3 is 5.32 Å². The first-order valence-electron chi connectivity index (χ1n) is 9.24. The maximum absolute atomic E-state index is 13.4. The minimum atomic E-state index is -0.442. The smallest absolute Gasteiger partial charge is 0.282 e. The van der Waals surface area contributed by atoms with Gasteiger partial charge in [0.1, 0.15) is 11.5 Å². The van der Waals surface area contributed by atoms with Crippen molar-refractivity contribution < 1.29 is 14.0 Å². The highest BCUT2D eigenvalue weighted by Gasteiger charge is 2.40. The first kappa shape index (κ1) is 18.6. The van der Waals surface area contributed by atoms with Crippen molar-refractivity contribution in [2.24, 2.45) is 0 Å². The molecule has 1 aliphatic rings. The Morgan fingerprint density at radius 3 is 2.24 bits per heavy atom. The summed E-state index contributed by atoms with van der Waals surface area (Å²) in [6, 6.07) is 20.3. The van der Waals surface area contributed by atoms with E-state index < -0.39 is 17.6 Å². The van der Waals surface area contributed by atoms with Crippen LogP contribution in [0.15, 0.2) is 78.5 Å². The van der Waals surface area contributed by atoms with Gasteiger partial charge in [-0.15, -0.1) is 0 Å². The molecule has 0 saturated heterocycles. The number of nitrogens with one attached hydrogen (secondary N) is 1. The molecular weight excluding hydrogens is 367 g/mol. The molecule has 0 saturated carbocycles. The highest BCUT2D eigenvalue weighted by molar-refractivity contribution is 6.46. The fraction of sp³-hybridized carbons (Fsp3) is 0.0833. The summed E-state index contributed by atoms with van der Waals surface area (Å²) in [5.41, 5.74) is 3.99. The maximum atomic E-state index is 13.4. The number of anilines is 2. The van der Waals surface area contributed by atoms with Crippen LogP contribution in [0.5, 0.6) is 0 Å². The first-order valence-corrected chi connectivity index (χ1v) is 9.24. The Hall–Kier alpha value is -3.73. The van der Waals surface area contributed by atoms with E-state index in [2.05, 4.69) is 5.32 Å².